The van der Waals surface area contributed by atoms with Gasteiger partial charge < -0.3 is 10.1 Å². The highest BCUT2D eigenvalue weighted by Crippen LogP contribution is 2.23. The van der Waals surface area contributed by atoms with E-state index in [1.165, 1.54) is 18.3 Å². The van der Waals surface area contributed by atoms with Crippen molar-refractivity contribution in [2.45, 2.75) is 20.3 Å². The molecule has 2 aromatic rings. The smallest absolute Gasteiger partial charge is 0.230 e. The van der Waals surface area contributed by atoms with Gasteiger partial charge in [-0.1, -0.05) is 23.5 Å². The monoisotopic (exact) mass is 304 g/mol. The number of amides is 1. The highest BCUT2D eigenvalue weighted by Gasteiger charge is 2.13. The zero-order valence-electron chi connectivity index (χ0n) is 12.1. The second kappa shape index (κ2) is 6.49. The van der Waals surface area contributed by atoms with Gasteiger partial charge in [-0.25, -0.2) is 4.98 Å². The fourth-order valence-corrected chi connectivity index (χ4v) is 2.79. The van der Waals surface area contributed by atoms with E-state index in [2.05, 4.69) is 10.3 Å². The molecule has 0 fully saturated rings. The van der Waals surface area contributed by atoms with E-state index in [0.717, 1.165) is 5.56 Å². The summed E-state index contributed by atoms with van der Waals surface area (Å²) in [5.74, 6) is 0.495. The first-order valence-electron chi connectivity index (χ1n) is 6.40. The Morgan fingerprint density at radius 3 is 2.76 bits per heavy atom. The third-order valence-corrected chi connectivity index (χ3v) is 4.04. The SMILES string of the molecule is COc1cccc(CC(=O)Nc2nc(C)c(C(C)=O)s2)c1. The number of rotatable bonds is 5. The molecule has 0 radical (unpaired) electrons. The van der Waals surface area contributed by atoms with Crippen molar-refractivity contribution in [1.29, 1.82) is 0 Å². The quantitative estimate of drug-likeness (QED) is 0.862. The first kappa shape index (κ1) is 15.2. The lowest BCUT2D eigenvalue weighted by molar-refractivity contribution is -0.115. The van der Waals surface area contributed by atoms with Gasteiger partial charge in [-0.05, 0) is 24.6 Å². The van der Waals surface area contributed by atoms with E-state index in [1.54, 1.807) is 14.0 Å². The van der Waals surface area contributed by atoms with Crippen LogP contribution >= 0.6 is 11.3 Å². The Kier molecular flexibility index (Phi) is 4.70. The molecule has 2 rings (SSSR count). The minimum Gasteiger partial charge on any atom is -0.497 e. The van der Waals surface area contributed by atoms with Crippen LogP contribution in [0.2, 0.25) is 0 Å². The molecule has 0 bridgehead atoms. The second-order valence-corrected chi connectivity index (χ2v) is 5.57. The summed E-state index contributed by atoms with van der Waals surface area (Å²) in [7, 11) is 1.58. The van der Waals surface area contributed by atoms with Crippen LogP contribution in [0.25, 0.3) is 0 Å². The van der Waals surface area contributed by atoms with Crippen molar-refractivity contribution in [3.05, 3.63) is 40.4 Å². The molecule has 0 aliphatic heterocycles. The van der Waals surface area contributed by atoms with E-state index in [9.17, 15) is 9.59 Å². The average molecular weight is 304 g/mol. The molecule has 1 aromatic heterocycles. The number of carbonyl (C=O) groups excluding carboxylic acids is 2. The lowest BCUT2D eigenvalue weighted by atomic mass is 10.1. The standard InChI is InChI=1S/C15H16N2O3S/c1-9-14(10(2)18)21-15(16-9)17-13(19)8-11-5-4-6-12(7-11)20-3/h4-7H,8H2,1-3H3,(H,16,17,19). The number of benzene rings is 1. The van der Waals surface area contributed by atoms with Crippen molar-refractivity contribution in [3.63, 3.8) is 0 Å². The van der Waals surface area contributed by atoms with Gasteiger partial charge in [-0.15, -0.1) is 0 Å². The molecule has 0 aliphatic rings. The molecule has 0 unspecified atom stereocenters. The molecule has 110 valence electrons. The molecule has 0 atom stereocenters. The van der Waals surface area contributed by atoms with E-state index >= 15 is 0 Å². The van der Waals surface area contributed by atoms with Crippen LogP contribution < -0.4 is 10.1 Å². The predicted molar refractivity (Wildman–Crippen MR) is 82.2 cm³/mol. The van der Waals surface area contributed by atoms with Crippen LogP contribution in [0, 0.1) is 6.92 Å². The van der Waals surface area contributed by atoms with Crippen LogP contribution in [-0.2, 0) is 11.2 Å². The second-order valence-electron chi connectivity index (χ2n) is 4.57. The lowest BCUT2D eigenvalue weighted by Crippen LogP contribution is -2.14. The fourth-order valence-electron chi connectivity index (χ4n) is 1.91. The van der Waals surface area contributed by atoms with Crippen LogP contribution in [0.4, 0.5) is 5.13 Å². The maximum absolute atomic E-state index is 12.0. The Bertz CT molecular complexity index is 679. The van der Waals surface area contributed by atoms with Crippen molar-refractivity contribution < 1.29 is 14.3 Å². The van der Waals surface area contributed by atoms with Gasteiger partial charge in [0.05, 0.1) is 24.1 Å². The summed E-state index contributed by atoms with van der Waals surface area (Å²) in [5, 5.41) is 3.17. The average Bonchev–Trinajstić information content (AvgIpc) is 2.79. The Morgan fingerprint density at radius 1 is 1.38 bits per heavy atom. The molecule has 5 nitrogen and oxygen atoms in total. The van der Waals surface area contributed by atoms with E-state index < -0.39 is 0 Å². The summed E-state index contributed by atoms with van der Waals surface area (Å²) in [6, 6.07) is 7.33. The molecule has 1 heterocycles. The van der Waals surface area contributed by atoms with Gasteiger partial charge in [0, 0.05) is 6.92 Å². The number of nitrogens with zero attached hydrogens (tertiary/aromatic N) is 1. The molecule has 1 amide bonds. The molecular formula is C15H16N2O3S. The number of aromatic nitrogens is 1. The first-order chi connectivity index (χ1) is 9.99. The molecule has 0 saturated heterocycles. The number of Topliss-reactive ketones (excluding diaryl/α,β-unsaturated/α-hetero) is 1. The number of aryl methyl sites for hydroxylation is 1. The number of thiazole rings is 1. The van der Waals surface area contributed by atoms with E-state index in [1.807, 2.05) is 24.3 Å². The summed E-state index contributed by atoms with van der Waals surface area (Å²) in [6.45, 7) is 3.24. The van der Waals surface area contributed by atoms with E-state index in [0.29, 0.717) is 21.5 Å². The maximum atomic E-state index is 12.0. The summed E-state index contributed by atoms with van der Waals surface area (Å²) >= 11 is 1.20. The van der Waals surface area contributed by atoms with Crippen molar-refractivity contribution in [2.24, 2.45) is 0 Å². The minimum atomic E-state index is -0.174. The van der Waals surface area contributed by atoms with Crippen molar-refractivity contribution in [2.75, 3.05) is 12.4 Å². The van der Waals surface area contributed by atoms with Gasteiger partial charge in [0.2, 0.25) is 5.91 Å². The summed E-state index contributed by atoms with van der Waals surface area (Å²) in [6.07, 6.45) is 0.227. The van der Waals surface area contributed by atoms with E-state index in [4.69, 9.17) is 4.74 Å². The van der Waals surface area contributed by atoms with Gasteiger partial charge >= 0.3 is 0 Å². The van der Waals surface area contributed by atoms with Crippen molar-refractivity contribution in [3.8, 4) is 5.75 Å². The Balaban J connectivity index is 2.04. The van der Waals surface area contributed by atoms with Gasteiger partial charge in [0.1, 0.15) is 5.75 Å². The van der Waals surface area contributed by atoms with Crippen LogP contribution in [0.1, 0.15) is 27.9 Å². The zero-order valence-corrected chi connectivity index (χ0v) is 12.9. The topological polar surface area (TPSA) is 68.3 Å². The molecular weight excluding hydrogens is 288 g/mol. The number of methoxy groups -OCH3 is 1. The molecule has 0 spiro atoms. The molecule has 0 aliphatic carbocycles. The van der Waals surface area contributed by atoms with Crippen molar-refractivity contribution >= 4 is 28.2 Å². The minimum absolute atomic E-state index is 0.0432. The third-order valence-electron chi connectivity index (χ3n) is 2.86. The molecule has 0 saturated carbocycles. The number of carbonyl (C=O) groups is 2. The van der Waals surface area contributed by atoms with Gasteiger partial charge in [-0.3, -0.25) is 9.59 Å². The van der Waals surface area contributed by atoms with Gasteiger partial charge in [0.15, 0.2) is 10.9 Å². The summed E-state index contributed by atoms with van der Waals surface area (Å²) in [4.78, 5) is 28.1. The summed E-state index contributed by atoms with van der Waals surface area (Å²) < 4.78 is 5.12. The van der Waals surface area contributed by atoms with Crippen LogP contribution in [0.3, 0.4) is 0 Å². The molecule has 21 heavy (non-hydrogen) atoms. The lowest BCUT2D eigenvalue weighted by Gasteiger charge is -2.04. The third kappa shape index (κ3) is 3.88. The zero-order chi connectivity index (χ0) is 15.4. The summed E-state index contributed by atoms with van der Waals surface area (Å²) in [5.41, 5.74) is 1.50. The highest BCUT2D eigenvalue weighted by molar-refractivity contribution is 7.17. The number of ether oxygens (including phenoxy) is 1. The highest BCUT2D eigenvalue weighted by atomic mass is 32.1. The fraction of sp³-hybridized carbons (Fsp3) is 0.267. The first-order valence-corrected chi connectivity index (χ1v) is 7.22. The van der Waals surface area contributed by atoms with Crippen LogP contribution in [0.15, 0.2) is 24.3 Å². The Hall–Kier alpha value is -2.21. The van der Waals surface area contributed by atoms with Gasteiger partial charge in [-0.2, -0.15) is 0 Å². The predicted octanol–water partition coefficient (Wildman–Crippen LogP) is 2.84. The number of hydrogen-bond acceptors (Lipinski definition) is 5. The number of hydrogen-bond donors (Lipinski definition) is 1. The van der Waals surface area contributed by atoms with Crippen molar-refractivity contribution in [1.82, 2.24) is 4.98 Å². The van der Waals surface area contributed by atoms with E-state index in [-0.39, 0.29) is 18.1 Å². The Labute approximate surface area is 127 Å². The maximum Gasteiger partial charge on any atom is 0.230 e. The molecule has 6 heteroatoms. The largest absolute Gasteiger partial charge is 0.497 e. The number of ketones is 1. The van der Waals surface area contributed by atoms with Crippen LogP contribution in [0.5, 0.6) is 5.75 Å². The number of nitrogens with one attached hydrogen (secondary N) is 1. The number of anilines is 1. The normalized spacial score (nSPS) is 10.2. The Morgan fingerprint density at radius 2 is 2.14 bits per heavy atom. The molecule has 1 aromatic carbocycles. The van der Waals surface area contributed by atoms with Gasteiger partial charge in [0.25, 0.3) is 0 Å². The molecule has 1 N–H and O–H groups in total. The van der Waals surface area contributed by atoms with Crippen LogP contribution in [-0.4, -0.2) is 23.8 Å².